The normalized spacial score (nSPS) is 10.8. The van der Waals surface area contributed by atoms with Gasteiger partial charge in [-0.3, -0.25) is 14.9 Å². The van der Waals surface area contributed by atoms with Crippen molar-refractivity contribution in [3.63, 3.8) is 0 Å². The molecule has 0 aliphatic heterocycles. The van der Waals surface area contributed by atoms with Crippen LogP contribution >= 0.6 is 0 Å². The van der Waals surface area contributed by atoms with Crippen LogP contribution < -0.4 is 5.32 Å². The van der Waals surface area contributed by atoms with E-state index in [1.165, 1.54) is 6.07 Å². The van der Waals surface area contributed by atoms with Crippen LogP contribution in [0.25, 0.3) is 0 Å². The second-order valence-electron chi connectivity index (χ2n) is 3.82. The van der Waals surface area contributed by atoms with Gasteiger partial charge in [0.05, 0.1) is 16.6 Å². The summed E-state index contributed by atoms with van der Waals surface area (Å²) in [5.41, 5.74) is -2.67. The van der Waals surface area contributed by atoms with Gasteiger partial charge in [-0.25, -0.2) is 0 Å². The lowest BCUT2D eigenvalue weighted by Gasteiger charge is -2.12. The number of nitrogens with one attached hydrogen (secondary N) is 1. The quantitative estimate of drug-likeness (QED) is 0.682. The molecule has 1 aromatic carbocycles. The molecule has 0 radical (unpaired) electrons. The molecule has 0 unspecified atom stereocenters. The fourth-order valence-corrected chi connectivity index (χ4v) is 1.52. The van der Waals surface area contributed by atoms with Crippen LogP contribution in [0, 0.1) is 28.4 Å². The third-order valence-electron chi connectivity index (χ3n) is 2.36. The summed E-state index contributed by atoms with van der Waals surface area (Å²) in [7, 11) is 0. The minimum absolute atomic E-state index is 0.268. The van der Waals surface area contributed by atoms with Crippen LogP contribution in [0.3, 0.4) is 0 Å². The number of hydrogen-bond donors (Lipinski definition) is 1. The maximum absolute atomic E-state index is 12.7. The number of carbonyl (C=O) groups excluding carboxylic acids is 1. The number of anilines is 1. The molecule has 0 bridgehead atoms. The molecule has 6 nitrogen and oxygen atoms in total. The summed E-state index contributed by atoms with van der Waals surface area (Å²) < 4.78 is 38.0. The van der Waals surface area contributed by atoms with E-state index in [0.717, 1.165) is 13.0 Å². The zero-order chi connectivity index (χ0) is 15.5. The first kappa shape index (κ1) is 15.4. The molecule has 1 rings (SSSR count). The molecule has 1 N–H and O–H groups in total. The molecule has 0 aliphatic rings. The zero-order valence-corrected chi connectivity index (χ0v) is 10.1. The van der Waals surface area contributed by atoms with E-state index in [4.69, 9.17) is 5.26 Å². The number of rotatable bonds is 3. The SMILES string of the molecule is Cc1cc(NC(=O)CC#N)c([N+](=O)[O-])cc1C(F)(F)F. The lowest BCUT2D eigenvalue weighted by Crippen LogP contribution is -2.14. The fraction of sp³-hybridized carbons (Fsp3) is 0.273. The first-order chi connectivity index (χ1) is 9.16. The van der Waals surface area contributed by atoms with E-state index < -0.39 is 34.7 Å². The monoisotopic (exact) mass is 287 g/mol. The molecule has 9 heteroatoms. The van der Waals surface area contributed by atoms with Crippen molar-refractivity contribution in [3.8, 4) is 6.07 Å². The highest BCUT2D eigenvalue weighted by Crippen LogP contribution is 2.37. The predicted molar refractivity (Wildman–Crippen MR) is 61.7 cm³/mol. The van der Waals surface area contributed by atoms with Crippen LogP contribution in [0.15, 0.2) is 12.1 Å². The molecule has 0 aliphatic carbocycles. The van der Waals surface area contributed by atoms with Gasteiger partial charge in [-0.15, -0.1) is 0 Å². The highest BCUT2D eigenvalue weighted by Gasteiger charge is 2.35. The minimum Gasteiger partial charge on any atom is -0.319 e. The van der Waals surface area contributed by atoms with Gasteiger partial charge in [0.15, 0.2) is 0 Å². The van der Waals surface area contributed by atoms with Gasteiger partial charge in [-0.2, -0.15) is 18.4 Å². The molecule has 0 saturated heterocycles. The Morgan fingerprint density at radius 3 is 2.55 bits per heavy atom. The molecule has 0 heterocycles. The number of carbonyl (C=O) groups is 1. The van der Waals surface area contributed by atoms with Crippen LogP contribution in [-0.4, -0.2) is 10.8 Å². The summed E-state index contributed by atoms with van der Waals surface area (Å²) in [6.45, 7) is 1.12. The Morgan fingerprint density at radius 2 is 2.10 bits per heavy atom. The van der Waals surface area contributed by atoms with Crippen LogP contribution in [0.4, 0.5) is 24.5 Å². The Bertz CT molecular complexity index is 605. The second kappa shape index (κ2) is 5.56. The molecule has 1 amide bonds. The van der Waals surface area contributed by atoms with Gasteiger partial charge >= 0.3 is 6.18 Å². The summed E-state index contributed by atoms with van der Waals surface area (Å²) in [6, 6.07) is 2.74. The van der Waals surface area contributed by atoms with Crippen molar-refractivity contribution in [2.24, 2.45) is 0 Å². The summed E-state index contributed by atoms with van der Waals surface area (Å²) in [5, 5.41) is 21.1. The van der Waals surface area contributed by atoms with Crippen LogP contribution in [0.1, 0.15) is 17.5 Å². The van der Waals surface area contributed by atoms with Gasteiger partial charge < -0.3 is 5.32 Å². The third-order valence-corrected chi connectivity index (χ3v) is 2.36. The van der Waals surface area contributed by atoms with Crippen molar-refractivity contribution in [1.29, 1.82) is 5.26 Å². The van der Waals surface area contributed by atoms with E-state index in [0.29, 0.717) is 6.07 Å². The average molecular weight is 287 g/mol. The van der Waals surface area contributed by atoms with Crippen molar-refractivity contribution < 1.29 is 22.9 Å². The Kier molecular flexibility index (Phi) is 4.29. The number of benzene rings is 1. The van der Waals surface area contributed by atoms with Gasteiger partial charge in [-0.05, 0) is 18.6 Å². The lowest BCUT2D eigenvalue weighted by molar-refractivity contribution is -0.384. The van der Waals surface area contributed by atoms with Crippen LogP contribution in [-0.2, 0) is 11.0 Å². The predicted octanol–water partition coefficient (Wildman–Crippen LogP) is 2.77. The van der Waals surface area contributed by atoms with Gasteiger partial charge in [0.1, 0.15) is 12.1 Å². The molecule has 0 fully saturated rings. The first-order valence-electron chi connectivity index (χ1n) is 5.20. The van der Waals surface area contributed by atoms with E-state index in [1.807, 2.05) is 5.32 Å². The molecule has 0 atom stereocenters. The molecule has 1 aromatic rings. The maximum Gasteiger partial charge on any atom is 0.416 e. The smallest absolute Gasteiger partial charge is 0.319 e. The summed E-state index contributed by atoms with van der Waals surface area (Å²) in [4.78, 5) is 20.9. The first-order valence-corrected chi connectivity index (χ1v) is 5.20. The average Bonchev–Trinajstić information content (AvgIpc) is 2.26. The number of nitro benzene ring substituents is 1. The van der Waals surface area contributed by atoms with Crippen LogP contribution in [0.2, 0.25) is 0 Å². The summed E-state index contributed by atoms with van der Waals surface area (Å²) in [6.07, 6.45) is -5.29. The minimum atomic E-state index is -4.73. The number of nitrogens with zero attached hydrogens (tertiary/aromatic N) is 2. The van der Waals surface area contributed by atoms with E-state index in [1.54, 1.807) is 0 Å². The Morgan fingerprint density at radius 1 is 1.50 bits per heavy atom. The van der Waals surface area contributed by atoms with Crippen molar-refractivity contribution in [2.75, 3.05) is 5.32 Å². The van der Waals surface area contributed by atoms with E-state index in [-0.39, 0.29) is 11.3 Å². The second-order valence-corrected chi connectivity index (χ2v) is 3.82. The number of nitriles is 1. The Labute approximate surface area is 111 Å². The fourth-order valence-electron chi connectivity index (χ4n) is 1.52. The largest absolute Gasteiger partial charge is 0.416 e. The Hall–Kier alpha value is -2.63. The van der Waals surface area contributed by atoms with E-state index in [2.05, 4.69) is 0 Å². The lowest BCUT2D eigenvalue weighted by atomic mass is 10.1. The van der Waals surface area contributed by atoms with Crippen molar-refractivity contribution >= 4 is 17.3 Å². The van der Waals surface area contributed by atoms with Crippen molar-refractivity contribution in [1.82, 2.24) is 0 Å². The highest BCUT2D eigenvalue weighted by molar-refractivity contribution is 5.94. The number of alkyl halides is 3. The van der Waals surface area contributed by atoms with Gasteiger partial charge in [-0.1, -0.05) is 0 Å². The summed E-state index contributed by atoms with van der Waals surface area (Å²) >= 11 is 0. The number of halogens is 3. The standard InChI is InChI=1S/C11H8F3N3O3/c1-6-4-8(16-10(18)2-3-15)9(17(19)20)5-7(6)11(12,13)14/h4-5H,2H2,1H3,(H,16,18). The van der Waals surface area contributed by atoms with Gasteiger partial charge in [0.25, 0.3) is 5.69 Å². The van der Waals surface area contributed by atoms with Crippen molar-refractivity contribution in [3.05, 3.63) is 33.4 Å². The van der Waals surface area contributed by atoms with Gasteiger partial charge in [0, 0.05) is 6.07 Å². The van der Waals surface area contributed by atoms with Crippen molar-refractivity contribution in [2.45, 2.75) is 19.5 Å². The molecular formula is C11H8F3N3O3. The number of amides is 1. The molecule has 106 valence electrons. The number of hydrogen-bond acceptors (Lipinski definition) is 4. The summed E-state index contributed by atoms with van der Waals surface area (Å²) in [5.74, 6) is -0.838. The zero-order valence-electron chi connectivity index (χ0n) is 10.1. The van der Waals surface area contributed by atoms with Crippen LogP contribution in [0.5, 0.6) is 0 Å². The molecule has 0 saturated carbocycles. The number of aryl methyl sites for hydroxylation is 1. The molecule has 0 aromatic heterocycles. The van der Waals surface area contributed by atoms with E-state index >= 15 is 0 Å². The van der Waals surface area contributed by atoms with Gasteiger partial charge in [0.2, 0.25) is 5.91 Å². The van der Waals surface area contributed by atoms with E-state index in [9.17, 15) is 28.1 Å². The maximum atomic E-state index is 12.7. The highest BCUT2D eigenvalue weighted by atomic mass is 19.4. The number of nitro groups is 1. The molecular weight excluding hydrogens is 279 g/mol. The molecule has 20 heavy (non-hydrogen) atoms. The Balaban J connectivity index is 3.33. The third kappa shape index (κ3) is 3.44. The molecule has 0 spiro atoms. The topological polar surface area (TPSA) is 96.0 Å².